The molecule has 0 unspecified atom stereocenters. The second-order valence-corrected chi connectivity index (χ2v) is 10.5. The molecule has 4 heterocycles. The van der Waals surface area contributed by atoms with Crippen LogP contribution in [0.3, 0.4) is 0 Å². The van der Waals surface area contributed by atoms with E-state index in [9.17, 15) is 9.59 Å². The smallest absolute Gasteiger partial charge is 0.328 e. The number of rotatable bonds is 6. The average Bonchev–Trinajstić information content (AvgIpc) is 2.90. The van der Waals surface area contributed by atoms with E-state index in [0.717, 1.165) is 31.5 Å². The molecule has 2 aromatic heterocycles. The van der Waals surface area contributed by atoms with Crippen molar-refractivity contribution in [3.05, 3.63) is 58.5 Å². The van der Waals surface area contributed by atoms with Crippen LogP contribution in [0.1, 0.15) is 31.7 Å². The number of halogens is 2. The van der Waals surface area contributed by atoms with Crippen LogP contribution in [0.5, 0.6) is 0 Å². The van der Waals surface area contributed by atoms with E-state index >= 15 is 0 Å². The SMILES string of the molecule is CC1(NCc2ccncc2N2CCC(=O)NC2=O)CCN(c2cnc(-c3cccc(Cl)c3Cl)c(N)n2)CC1. The Morgan fingerprint density at radius 2 is 1.92 bits per heavy atom. The van der Waals surface area contributed by atoms with Gasteiger partial charge in [0, 0.05) is 49.9 Å². The van der Waals surface area contributed by atoms with Crippen molar-refractivity contribution in [2.75, 3.05) is 35.2 Å². The number of nitrogens with two attached hydrogens (primary N) is 1. The fourth-order valence-corrected chi connectivity index (χ4v) is 5.15. The fraction of sp³-hybridized carbons (Fsp3) is 0.346. The molecule has 198 valence electrons. The third-order valence-electron chi connectivity index (χ3n) is 7.12. The number of hydrogen-bond acceptors (Lipinski definition) is 8. The molecule has 0 atom stereocenters. The van der Waals surface area contributed by atoms with E-state index in [2.05, 4.69) is 37.4 Å². The van der Waals surface area contributed by atoms with Crippen molar-refractivity contribution in [3.8, 4) is 11.3 Å². The molecule has 38 heavy (non-hydrogen) atoms. The highest BCUT2D eigenvalue weighted by Gasteiger charge is 2.32. The summed E-state index contributed by atoms with van der Waals surface area (Å²) in [4.78, 5) is 41.0. The minimum absolute atomic E-state index is 0.121. The highest BCUT2D eigenvalue weighted by Crippen LogP contribution is 2.35. The second-order valence-electron chi connectivity index (χ2n) is 9.72. The summed E-state index contributed by atoms with van der Waals surface area (Å²) in [5.41, 5.74) is 8.95. The van der Waals surface area contributed by atoms with Crippen molar-refractivity contribution in [1.82, 2.24) is 25.6 Å². The van der Waals surface area contributed by atoms with Gasteiger partial charge < -0.3 is 16.0 Å². The number of imide groups is 1. The fourth-order valence-electron chi connectivity index (χ4n) is 4.76. The van der Waals surface area contributed by atoms with Gasteiger partial charge >= 0.3 is 6.03 Å². The largest absolute Gasteiger partial charge is 0.382 e. The van der Waals surface area contributed by atoms with Crippen molar-refractivity contribution in [1.29, 1.82) is 0 Å². The lowest BCUT2D eigenvalue weighted by Gasteiger charge is -2.41. The Labute approximate surface area is 230 Å². The Morgan fingerprint density at radius 1 is 1.13 bits per heavy atom. The molecular formula is C26H28Cl2N8O2. The zero-order chi connectivity index (χ0) is 26.9. The molecule has 12 heteroatoms. The predicted molar refractivity (Wildman–Crippen MR) is 148 cm³/mol. The van der Waals surface area contributed by atoms with Crippen LogP contribution in [-0.4, -0.2) is 52.1 Å². The highest BCUT2D eigenvalue weighted by atomic mass is 35.5. The highest BCUT2D eigenvalue weighted by molar-refractivity contribution is 6.43. The van der Waals surface area contributed by atoms with Crippen molar-refractivity contribution in [3.63, 3.8) is 0 Å². The van der Waals surface area contributed by atoms with E-state index in [0.29, 0.717) is 51.7 Å². The van der Waals surface area contributed by atoms with E-state index < -0.39 is 6.03 Å². The average molecular weight is 555 g/mol. The number of anilines is 3. The van der Waals surface area contributed by atoms with Gasteiger partial charge in [-0.3, -0.25) is 20.0 Å². The molecule has 10 nitrogen and oxygen atoms in total. The van der Waals surface area contributed by atoms with E-state index in [1.807, 2.05) is 12.1 Å². The maximum atomic E-state index is 12.4. The first kappa shape index (κ1) is 26.1. The summed E-state index contributed by atoms with van der Waals surface area (Å²) in [6, 6.07) is 6.81. The molecular weight excluding hydrogens is 527 g/mol. The quantitative estimate of drug-likeness (QED) is 0.416. The van der Waals surface area contributed by atoms with Gasteiger partial charge in [0.2, 0.25) is 5.91 Å². The molecule has 0 radical (unpaired) electrons. The van der Waals surface area contributed by atoms with Gasteiger partial charge in [-0.15, -0.1) is 0 Å². The van der Waals surface area contributed by atoms with Gasteiger partial charge in [-0.25, -0.2) is 14.8 Å². The van der Waals surface area contributed by atoms with Crippen molar-refractivity contribution in [2.24, 2.45) is 0 Å². The number of carbonyl (C=O) groups excluding carboxylic acids is 2. The summed E-state index contributed by atoms with van der Waals surface area (Å²) in [5.74, 6) is 0.753. The summed E-state index contributed by atoms with van der Waals surface area (Å²) in [5, 5.41) is 6.88. The third kappa shape index (κ3) is 5.38. The molecule has 0 aliphatic carbocycles. The van der Waals surface area contributed by atoms with Crippen molar-refractivity contribution in [2.45, 2.75) is 38.3 Å². The number of nitrogens with one attached hydrogen (secondary N) is 2. The minimum Gasteiger partial charge on any atom is -0.382 e. The lowest BCUT2D eigenvalue weighted by Crippen LogP contribution is -2.52. The molecule has 2 aliphatic heterocycles. The molecule has 2 aliphatic rings. The normalized spacial score (nSPS) is 17.4. The van der Waals surface area contributed by atoms with Gasteiger partial charge in [0.15, 0.2) is 5.82 Å². The van der Waals surface area contributed by atoms with Crippen LogP contribution in [0.25, 0.3) is 11.3 Å². The van der Waals surface area contributed by atoms with E-state index in [1.54, 1.807) is 35.6 Å². The first-order chi connectivity index (χ1) is 18.2. The third-order valence-corrected chi connectivity index (χ3v) is 7.94. The number of hydrogen-bond donors (Lipinski definition) is 3. The van der Waals surface area contributed by atoms with Crippen molar-refractivity contribution >= 4 is 52.5 Å². The number of nitrogen functional groups attached to an aromatic ring is 1. The Bertz CT molecular complexity index is 1380. The molecule has 0 saturated carbocycles. The molecule has 5 rings (SSSR count). The Balaban J connectivity index is 1.23. The summed E-state index contributed by atoms with van der Waals surface area (Å²) in [7, 11) is 0. The van der Waals surface area contributed by atoms with Gasteiger partial charge in [-0.1, -0.05) is 35.3 Å². The van der Waals surface area contributed by atoms with Crippen LogP contribution in [0.4, 0.5) is 22.1 Å². The zero-order valence-electron chi connectivity index (χ0n) is 20.9. The lowest BCUT2D eigenvalue weighted by molar-refractivity contribution is -0.120. The summed E-state index contributed by atoms with van der Waals surface area (Å²) >= 11 is 12.5. The summed E-state index contributed by atoms with van der Waals surface area (Å²) < 4.78 is 0. The van der Waals surface area contributed by atoms with Gasteiger partial charge in [-0.2, -0.15) is 0 Å². The molecule has 3 amide bonds. The van der Waals surface area contributed by atoms with Crippen LogP contribution < -0.4 is 26.2 Å². The van der Waals surface area contributed by atoms with Gasteiger partial charge in [0.1, 0.15) is 11.5 Å². The number of pyridine rings is 1. The molecule has 0 spiro atoms. The molecule has 4 N–H and O–H groups in total. The standard InChI is InChI=1S/C26H28Cl2N8O2/c1-26(32-13-16-5-9-30-14-19(16)36-10-6-21(37)34-25(36)38)7-11-35(12-8-26)20-15-31-23(24(29)33-20)17-3-2-4-18(27)22(17)28/h2-5,9,14-15,32H,6-8,10-13H2,1H3,(H2,29,33)(H,34,37,38). The second kappa shape index (κ2) is 10.7. The molecule has 3 aromatic rings. The van der Waals surface area contributed by atoms with Crippen LogP contribution >= 0.6 is 23.2 Å². The maximum Gasteiger partial charge on any atom is 0.328 e. The molecule has 2 saturated heterocycles. The summed E-state index contributed by atoms with van der Waals surface area (Å²) in [6.45, 7) is 4.64. The lowest BCUT2D eigenvalue weighted by atomic mass is 9.89. The number of benzene rings is 1. The van der Waals surface area contributed by atoms with Crippen LogP contribution in [0.15, 0.2) is 42.9 Å². The van der Waals surface area contributed by atoms with E-state index in [4.69, 9.17) is 28.9 Å². The topological polar surface area (TPSA) is 129 Å². The van der Waals surface area contributed by atoms with Gasteiger partial charge in [0.05, 0.1) is 28.1 Å². The Morgan fingerprint density at radius 3 is 2.66 bits per heavy atom. The Kier molecular flexibility index (Phi) is 7.38. The number of urea groups is 1. The van der Waals surface area contributed by atoms with Gasteiger partial charge in [0.25, 0.3) is 0 Å². The number of amides is 3. The number of aromatic nitrogens is 3. The molecule has 2 fully saturated rings. The Hall–Kier alpha value is -3.47. The first-order valence-electron chi connectivity index (χ1n) is 12.4. The van der Waals surface area contributed by atoms with E-state index in [1.165, 1.54) is 0 Å². The zero-order valence-corrected chi connectivity index (χ0v) is 22.4. The van der Waals surface area contributed by atoms with E-state index in [-0.39, 0.29) is 17.9 Å². The van der Waals surface area contributed by atoms with Gasteiger partial charge in [-0.05, 0) is 37.5 Å². The number of piperidine rings is 1. The predicted octanol–water partition coefficient (Wildman–Crippen LogP) is 4.02. The van der Waals surface area contributed by atoms with Crippen LogP contribution in [0, 0.1) is 0 Å². The monoisotopic (exact) mass is 554 g/mol. The number of nitrogens with zero attached hydrogens (tertiary/aromatic N) is 5. The summed E-state index contributed by atoms with van der Waals surface area (Å²) in [6.07, 6.45) is 7.10. The molecule has 1 aromatic carbocycles. The molecule has 0 bridgehead atoms. The number of carbonyl (C=O) groups is 2. The first-order valence-corrected chi connectivity index (χ1v) is 13.1. The van der Waals surface area contributed by atoms with Crippen LogP contribution in [-0.2, 0) is 11.3 Å². The maximum absolute atomic E-state index is 12.4. The van der Waals surface area contributed by atoms with Crippen LogP contribution in [0.2, 0.25) is 10.0 Å². The minimum atomic E-state index is -0.418. The van der Waals surface area contributed by atoms with Crippen molar-refractivity contribution < 1.29 is 9.59 Å².